The van der Waals surface area contributed by atoms with Gasteiger partial charge in [-0.05, 0) is 52.8 Å². The van der Waals surface area contributed by atoms with Crippen LogP contribution in [0.15, 0.2) is 24.3 Å². The minimum Gasteiger partial charge on any atom is -0.485 e. The Morgan fingerprint density at radius 3 is 2.42 bits per heavy atom. The van der Waals surface area contributed by atoms with Crippen LogP contribution in [0.3, 0.4) is 0 Å². The smallest absolute Gasteiger partial charge is 0.338 e. The summed E-state index contributed by atoms with van der Waals surface area (Å²) < 4.78 is 10.7. The molecule has 0 heterocycles. The Balaban J connectivity index is 2.92. The normalized spacial score (nSPS) is 12.1. The van der Waals surface area contributed by atoms with Gasteiger partial charge in [-0.1, -0.05) is 6.07 Å². The van der Waals surface area contributed by atoms with Crippen LogP contribution in [0.1, 0.15) is 45.0 Å². The monoisotopic (exact) mass is 266 g/mol. The molecular formula is C15H22O4. The Morgan fingerprint density at radius 1 is 1.26 bits per heavy atom. The van der Waals surface area contributed by atoms with Crippen LogP contribution in [0.25, 0.3) is 0 Å². The first-order chi connectivity index (χ1) is 8.67. The van der Waals surface area contributed by atoms with Gasteiger partial charge in [-0.25, -0.2) is 4.79 Å². The van der Waals surface area contributed by atoms with E-state index < -0.39 is 11.2 Å². The average molecular weight is 266 g/mol. The fraction of sp³-hybridized carbons (Fsp3) is 0.533. The van der Waals surface area contributed by atoms with Gasteiger partial charge in [-0.3, -0.25) is 0 Å². The lowest BCUT2D eigenvalue weighted by Gasteiger charge is -2.37. The van der Waals surface area contributed by atoms with Crippen molar-refractivity contribution in [1.82, 2.24) is 0 Å². The van der Waals surface area contributed by atoms with E-state index in [1.54, 1.807) is 58.9 Å². The molecule has 0 atom stereocenters. The summed E-state index contributed by atoms with van der Waals surface area (Å²) in [5, 5.41) is 10.1. The number of carbonyl (C=O) groups excluding carboxylic acids is 1. The van der Waals surface area contributed by atoms with E-state index in [-0.39, 0.29) is 5.97 Å². The first kappa shape index (κ1) is 15.5. The highest BCUT2D eigenvalue weighted by atomic mass is 16.5. The summed E-state index contributed by atoms with van der Waals surface area (Å²) in [5.41, 5.74) is -1.35. The van der Waals surface area contributed by atoms with Crippen LogP contribution in [-0.4, -0.2) is 28.9 Å². The summed E-state index contributed by atoms with van der Waals surface area (Å²) in [4.78, 5) is 11.6. The van der Waals surface area contributed by atoms with Gasteiger partial charge in [0.2, 0.25) is 0 Å². The Morgan fingerprint density at radius 2 is 1.89 bits per heavy atom. The van der Waals surface area contributed by atoms with Gasteiger partial charge in [0.1, 0.15) is 11.4 Å². The number of esters is 1. The molecule has 4 heteroatoms. The van der Waals surface area contributed by atoms with Crippen molar-refractivity contribution >= 4 is 5.97 Å². The molecule has 1 N–H and O–H groups in total. The van der Waals surface area contributed by atoms with Crippen LogP contribution in [-0.2, 0) is 4.74 Å². The Hall–Kier alpha value is -1.55. The molecule has 4 nitrogen and oxygen atoms in total. The summed E-state index contributed by atoms with van der Waals surface area (Å²) >= 11 is 0. The van der Waals surface area contributed by atoms with E-state index in [0.717, 1.165) is 0 Å². The molecular weight excluding hydrogens is 244 g/mol. The molecule has 0 aromatic heterocycles. The van der Waals surface area contributed by atoms with Gasteiger partial charge < -0.3 is 14.6 Å². The molecule has 0 radical (unpaired) electrons. The third-order valence-corrected chi connectivity index (χ3v) is 3.19. The van der Waals surface area contributed by atoms with Crippen LogP contribution in [0, 0.1) is 0 Å². The van der Waals surface area contributed by atoms with Crippen LogP contribution >= 0.6 is 0 Å². The Kier molecular flexibility index (Phi) is 4.58. The largest absolute Gasteiger partial charge is 0.485 e. The predicted molar refractivity (Wildman–Crippen MR) is 73.4 cm³/mol. The molecule has 0 fully saturated rings. The fourth-order valence-electron chi connectivity index (χ4n) is 1.32. The summed E-state index contributed by atoms with van der Waals surface area (Å²) in [6, 6.07) is 6.76. The zero-order chi connectivity index (χ0) is 14.7. The van der Waals surface area contributed by atoms with E-state index in [9.17, 15) is 9.90 Å². The Labute approximate surface area is 114 Å². The maximum Gasteiger partial charge on any atom is 0.338 e. The molecule has 0 saturated heterocycles. The van der Waals surface area contributed by atoms with Gasteiger partial charge in [0.15, 0.2) is 0 Å². The molecule has 19 heavy (non-hydrogen) atoms. The second kappa shape index (κ2) is 5.61. The van der Waals surface area contributed by atoms with E-state index >= 15 is 0 Å². The Bertz CT molecular complexity index is 444. The first-order valence-electron chi connectivity index (χ1n) is 6.36. The van der Waals surface area contributed by atoms with Crippen LogP contribution < -0.4 is 4.74 Å². The lowest BCUT2D eigenvalue weighted by atomic mass is 9.89. The standard InChI is InChI=1S/C15H22O4/c1-6-18-13(16)11-8-7-9-12(10-11)19-15(4,5)14(2,3)17/h7-10,17H,6H2,1-5H3. The molecule has 0 spiro atoms. The van der Waals surface area contributed by atoms with Gasteiger partial charge >= 0.3 is 5.97 Å². The number of hydrogen-bond donors (Lipinski definition) is 1. The lowest BCUT2D eigenvalue weighted by molar-refractivity contribution is -0.0906. The molecule has 0 bridgehead atoms. The van der Waals surface area contributed by atoms with Crippen LogP contribution in [0.2, 0.25) is 0 Å². The topological polar surface area (TPSA) is 55.8 Å². The summed E-state index contributed by atoms with van der Waals surface area (Å²) in [5.74, 6) is 0.145. The van der Waals surface area contributed by atoms with Crippen molar-refractivity contribution in [3.63, 3.8) is 0 Å². The molecule has 1 aromatic carbocycles. The van der Waals surface area contributed by atoms with Crippen molar-refractivity contribution < 1.29 is 19.4 Å². The van der Waals surface area contributed by atoms with Crippen LogP contribution in [0.5, 0.6) is 5.75 Å². The lowest BCUT2D eigenvalue weighted by Crippen LogP contribution is -2.49. The highest BCUT2D eigenvalue weighted by Gasteiger charge is 2.37. The van der Waals surface area contributed by atoms with Crippen molar-refractivity contribution in [3.05, 3.63) is 29.8 Å². The van der Waals surface area contributed by atoms with Gasteiger partial charge in [0.05, 0.1) is 17.8 Å². The summed E-state index contributed by atoms with van der Waals surface area (Å²) in [6.45, 7) is 9.05. The van der Waals surface area contributed by atoms with Crippen molar-refractivity contribution in [1.29, 1.82) is 0 Å². The van der Waals surface area contributed by atoms with Crippen molar-refractivity contribution in [2.75, 3.05) is 6.61 Å². The number of carbonyl (C=O) groups is 1. The zero-order valence-electron chi connectivity index (χ0n) is 12.2. The maximum absolute atomic E-state index is 11.6. The quantitative estimate of drug-likeness (QED) is 0.833. The van der Waals surface area contributed by atoms with Crippen molar-refractivity contribution in [2.24, 2.45) is 0 Å². The number of benzene rings is 1. The minimum absolute atomic E-state index is 0.332. The third kappa shape index (κ3) is 3.96. The van der Waals surface area contributed by atoms with E-state index in [1.807, 2.05) is 0 Å². The molecule has 0 aliphatic carbocycles. The molecule has 0 aliphatic rings. The molecule has 1 aromatic rings. The van der Waals surface area contributed by atoms with E-state index in [1.165, 1.54) is 0 Å². The number of aliphatic hydroxyl groups is 1. The van der Waals surface area contributed by atoms with E-state index in [0.29, 0.717) is 17.9 Å². The number of rotatable bonds is 5. The summed E-state index contributed by atoms with van der Waals surface area (Å²) in [6.07, 6.45) is 0. The second-order valence-corrected chi connectivity index (χ2v) is 5.42. The number of hydrogen-bond acceptors (Lipinski definition) is 4. The highest BCUT2D eigenvalue weighted by Crippen LogP contribution is 2.28. The van der Waals surface area contributed by atoms with Gasteiger partial charge in [0, 0.05) is 0 Å². The van der Waals surface area contributed by atoms with Gasteiger partial charge in [-0.2, -0.15) is 0 Å². The minimum atomic E-state index is -1.01. The van der Waals surface area contributed by atoms with Crippen molar-refractivity contribution in [2.45, 2.75) is 45.8 Å². The molecule has 0 aliphatic heterocycles. The average Bonchev–Trinajstić information content (AvgIpc) is 2.27. The molecule has 0 amide bonds. The summed E-state index contributed by atoms with van der Waals surface area (Å²) in [7, 11) is 0. The van der Waals surface area contributed by atoms with Gasteiger partial charge in [0.25, 0.3) is 0 Å². The van der Waals surface area contributed by atoms with Crippen LogP contribution in [0.4, 0.5) is 0 Å². The van der Waals surface area contributed by atoms with Crippen molar-refractivity contribution in [3.8, 4) is 5.75 Å². The highest BCUT2D eigenvalue weighted by molar-refractivity contribution is 5.89. The van der Waals surface area contributed by atoms with E-state index in [2.05, 4.69) is 0 Å². The SMILES string of the molecule is CCOC(=O)c1cccc(OC(C)(C)C(C)(C)O)c1. The second-order valence-electron chi connectivity index (χ2n) is 5.42. The maximum atomic E-state index is 11.6. The zero-order valence-corrected chi connectivity index (χ0v) is 12.2. The molecule has 1 rings (SSSR count). The van der Waals surface area contributed by atoms with E-state index in [4.69, 9.17) is 9.47 Å². The fourth-order valence-corrected chi connectivity index (χ4v) is 1.32. The number of ether oxygens (including phenoxy) is 2. The molecule has 106 valence electrons. The van der Waals surface area contributed by atoms with Gasteiger partial charge in [-0.15, -0.1) is 0 Å². The molecule has 0 saturated carbocycles. The third-order valence-electron chi connectivity index (χ3n) is 3.19. The molecule has 0 unspecified atom stereocenters. The predicted octanol–water partition coefficient (Wildman–Crippen LogP) is 2.79. The first-order valence-corrected chi connectivity index (χ1v) is 6.36.